The van der Waals surface area contributed by atoms with Crippen LogP contribution >= 0.6 is 0 Å². The summed E-state index contributed by atoms with van der Waals surface area (Å²) in [5, 5.41) is 22.2. The molecule has 0 radical (unpaired) electrons. The molecule has 0 spiro atoms. The number of carboxylic acids is 1. The Morgan fingerprint density at radius 1 is 0.550 bits per heavy atom. The third kappa shape index (κ3) is 18.2. The number of methoxy groups -OCH3 is 2. The van der Waals surface area contributed by atoms with Crippen LogP contribution in [0.4, 0.5) is 70.1 Å². The van der Waals surface area contributed by atoms with Crippen LogP contribution in [0.1, 0.15) is 181 Å². The Hall–Kier alpha value is -7.90. The Morgan fingerprint density at radius 3 is 1.25 bits per heavy atom. The zero-order valence-electron chi connectivity index (χ0n) is 55.1. The number of aromatic nitrogens is 6. The molecular formula is C64H67F12N10NaO13. The maximum atomic E-state index is 16.1. The van der Waals surface area contributed by atoms with Crippen molar-refractivity contribution < 1.29 is 144 Å². The Bertz CT molecular complexity index is 3880. The monoisotopic (exact) mass is 1430 g/mol. The van der Waals surface area contributed by atoms with Crippen molar-refractivity contribution in [3.8, 4) is 0 Å². The molecule has 3 aromatic carbocycles. The number of carbonyl (C=O) groups is 4. The molecule has 3 saturated heterocycles. The van der Waals surface area contributed by atoms with Crippen molar-refractivity contribution in [1.82, 2.24) is 35.2 Å². The van der Waals surface area contributed by atoms with Crippen molar-refractivity contribution in [1.29, 1.82) is 0 Å². The van der Waals surface area contributed by atoms with Gasteiger partial charge in [-0.25, -0.2) is 92.2 Å². The van der Waals surface area contributed by atoms with Crippen LogP contribution in [0.2, 0.25) is 0 Å². The number of halogens is 12. The number of carbonyl (C=O) groups excluding carboxylic acids is 4. The van der Waals surface area contributed by atoms with Gasteiger partial charge in [0, 0.05) is 29.1 Å². The largest absolute Gasteiger partial charge is 1.00 e. The van der Waals surface area contributed by atoms with Gasteiger partial charge in [0.2, 0.25) is 6.17 Å². The smallest absolute Gasteiger partial charge is 0.550 e. The minimum atomic E-state index is -3.53. The predicted octanol–water partition coefficient (Wildman–Crippen LogP) is 7.68. The summed E-state index contributed by atoms with van der Waals surface area (Å²) in [6, 6.07) is 8.26. The molecule has 3 aromatic heterocycles. The number of hydrogen-bond donors (Lipinski definition) is 4. The maximum Gasteiger partial charge on any atom is 1.00 e. The number of nitrogens with one attached hydrogen (secondary N) is 4. The van der Waals surface area contributed by atoms with Gasteiger partial charge in [-0.05, 0) is 54.4 Å². The summed E-state index contributed by atoms with van der Waals surface area (Å²) in [7, 11) is 1.74. The summed E-state index contributed by atoms with van der Waals surface area (Å²) in [6.45, 7) is 9.25. The second-order valence-electron chi connectivity index (χ2n) is 22.7. The molecule has 36 heteroatoms. The Balaban J connectivity index is 0.000000211. The number of esters is 2. The minimum absolute atomic E-state index is 0. The summed E-state index contributed by atoms with van der Waals surface area (Å²) in [6.07, 6.45) is -14.3. The van der Waals surface area contributed by atoms with Gasteiger partial charge in [0.25, 0.3) is 25.2 Å². The number of aryl methyl sites for hydroxylation is 3. The van der Waals surface area contributed by atoms with Crippen LogP contribution in [0.25, 0.3) is 0 Å². The molecule has 3 aliphatic heterocycles. The number of hydrogen-bond acceptors (Lipinski definition) is 22. The van der Waals surface area contributed by atoms with E-state index in [0.29, 0.717) is 26.1 Å². The van der Waals surface area contributed by atoms with E-state index in [9.17, 15) is 68.2 Å². The number of alkyl halides is 9. The van der Waals surface area contributed by atoms with Crippen molar-refractivity contribution in [2.75, 3.05) is 76.5 Å². The fourth-order valence-electron chi connectivity index (χ4n) is 10.7. The van der Waals surface area contributed by atoms with E-state index < -0.39 is 150 Å². The summed E-state index contributed by atoms with van der Waals surface area (Å²) in [5.74, 6) is -8.61. The third-order valence-corrected chi connectivity index (χ3v) is 15.7. The molecule has 6 heterocycles. The normalized spacial score (nSPS) is 16.5. The molecule has 4 aliphatic rings. The number of ether oxygens (including phenoxy) is 8. The molecule has 6 aromatic rings. The molecule has 536 valence electrons. The van der Waals surface area contributed by atoms with Crippen LogP contribution < -0.4 is 55.9 Å². The van der Waals surface area contributed by atoms with Crippen molar-refractivity contribution in [2.24, 2.45) is 0 Å². The molecule has 100 heavy (non-hydrogen) atoms. The first kappa shape index (κ1) is 79.4. The van der Waals surface area contributed by atoms with Crippen LogP contribution in [0.5, 0.6) is 0 Å². The molecule has 0 bridgehead atoms. The maximum absolute atomic E-state index is 16.1. The van der Waals surface area contributed by atoms with Gasteiger partial charge in [-0.3, -0.25) is 4.79 Å². The molecule has 1 saturated carbocycles. The zero-order chi connectivity index (χ0) is 72.4. The van der Waals surface area contributed by atoms with Gasteiger partial charge in [0.15, 0.2) is 18.9 Å². The predicted molar refractivity (Wildman–Crippen MR) is 320 cm³/mol. The second kappa shape index (κ2) is 34.6. The van der Waals surface area contributed by atoms with E-state index >= 15 is 8.78 Å². The number of aliphatic carboxylic acids is 1. The number of rotatable bonds is 24. The van der Waals surface area contributed by atoms with E-state index in [1.165, 1.54) is 64.1 Å². The average Bonchev–Trinajstić information content (AvgIpc) is 0.973. The SMILES string of the molecule is COC(=O)C(F)(C(=O)OC)c1nc(C)nc(N[C@H](C)c2cccc(C(F)F)c2F)c1C1OCCO1.Cc1nc(CC(=O)[O-])c(C2OCCO2)c(N[C@H](C)c2cccc(C(F)F)c2F)n1.Cc1nc(N[C@H](C)c2cccc(C(F)F)c2F)c(C2OCCO2)c(C(F)C(=O)NC2(CF)CC2)n1.[Na+]. The van der Waals surface area contributed by atoms with E-state index in [2.05, 4.69) is 60.6 Å². The number of amides is 1. The molecule has 10 rings (SSSR count). The summed E-state index contributed by atoms with van der Waals surface area (Å²) in [4.78, 5) is 73.6. The first-order chi connectivity index (χ1) is 47.0. The van der Waals surface area contributed by atoms with Crippen LogP contribution in [-0.4, -0.2) is 120 Å². The molecular weight excluding hydrogens is 1370 g/mol. The average molecular weight is 1440 g/mol. The van der Waals surface area contributed by atoms with Crippen molar-refractivity contribution >= 4 is 41.3 Å². The number of carboxylic acid groups (broad SMARTS) is 1. The minimum Gasteiger partial charge on any atom is -0.550 e. The van der Waals surface area contributed by atoms with Gasteiger partial charge < -0.3 is 69.1 Å². The molecule has 4 N–H and O–H groups in total. The van der Waals surface area contributed by atoms with Gasteiger partial charge >= 0.3 is 47.2 Å². The first-order valence-corrected chi connectivity index (χ1v) is 30.4. The van der Waals surface area contributed by atoms with E-state index in [4.69, 9.17) is 28.4 Å². The molecule has 1 unspecified atom stereocenters. The molecule has 23 nitrogen and oxygen atoms in total. The van der Waals surface area contributed by atoms with Crippen LogP contribution in [0.15, 0.2) is 54.6 Å². The fourth-order valence-corrected chi connectivity index (χ4v) is 10.7. The number of nitrogens with zero attached hydrogens (tertiary/aromatic N) is 6. The number of anilines is 3. The van der Waals surface area contributed by atoms with E-state index in [1.807, 2.05) is 0 Å². The van der Waals surface area contributed by atoms with Crippen molar-refractivity contribution in [3.63, 3.8) is 0 Å². The van der Waals surface area contributed by atoms with Crippen LogP contribution in [-0.2, 0) is 69.2 Å². The van der Waals surface area contributed by atoms with Crippen LogP contribution in [0, 0.1) is 38.2 Å². The first-order valence-electron chi connectivity index (χ1n) is 30.4. The van der Waals surface area contributed by atoms with Gasteiger partial charge in [-0.2, -0.15) is 0 Å². The third-order valence-electron chi connectivity index (χ3n) is 15.7. The van der Waals surface area contributed by atoms with E-state index in [-0.39, 0.29) is 136 Å². The fraction of sp³-hybridized carbons (Fsp3) is 0.469. The van der Waals surface area contributed by atoms with Gasteiger partial charge in [-0.1, -0.05) is 54.6 Å². The quantitative estimate of drug-likeness (QED) is 0.0195. The standard InChI is InChI=1S/C23H25F5N4O3.C22H23F4N3O6.C19H20F3N3O4.Na/c1-11(13-4-3-5-14(16(13)25)19(27)28)29-20-15(22-34-8-9-35-22)18(30-12(2)31-20)17(26)21(33)32-23(10-24)6-7-23;1-10(12-6-5-7-13(15(12)23)17(24)25)27-18-14(19-34-8-9-35-19)16(28-11(2)29-18)22(26,20(30)32-3)21(31)33-4;1-9(11-4-3-5-12(16(11)20)17(21)22)23-18-15(19-28-6-7-29-19)13(8-14(26)27)24-10(2)25-18;/h3-5,11,17,19,22H,6-10H2,1-2H3,(H,32,33)(H,29,30,31);5-7,10,17,19H,8-9H2,1-4H3,(H,27,28,29);3-5,9,17,19H,6-8H2,1-2H3,(H,26,27)(H,23,24,25);/q;;;+1/p-1/t11-,17?;10-;9-;/m111./s1. The van der Waals surface area contributed by atoms with Crippen LogP contribution in [0.3, 0.4) is 0 Å². The van der Waals surface area contributed by atoms with E-state index in [1.54, 1.807) is 13.8 Å². The second-order valence-corrected chi connectivity index (χ2v) is 22.7. The van der Waals surface area contributed by atoms with Crippen molar-refractivity contribution in [3.05, 3.63) is 157 Å². The summed E-state index contributed by atoms with van der Waals surface area (Å²) in [5.41, 5.74) is -8.00. The van der Waals surface area contributed by atoms with Crippen molar-refractivity contribution in [2.45, 2.75) is 134 Å². The Labute approximate surface area is 585 Å². The van der Waals surface area contributed by atoms with Gasteiger partial charge in [0.05, 0.1) is 122 Å². The number of benzene rings is 3. The summed E-state index contributed by atoms with van der Waals surface area (Å²) < 4.78 is 209. The topological polar surface area (TPSA) is 291 Å². The Kier molecular flexibility index (Phi) is 27.5. The molecule has 4 fully saturated rings. The van der Waals surface area contributed by atoms with Gasteiger partial charge in [0.1, 0.15) is 64.7 Å². The zero-order valence-corrected chi connectivity index (χ0v) is 57.1. The van der Waals surface area contributed by atoms with Gasteiger partial charge in [-0.15, -0.1) is 0 Å². The molecule has 1 aliphatic carbocycles. The van der Waals surface area contributed by atoms with E-state index in [0.717, 1.165) is 32.4 Å². The molecule has 4 atom stereocenters. The molecule has 1 amide bonds. The summed E-state index contributed by atoms with van der Waals surface area (Å²) >= 11 is 0. The Morgan fingerprint density at radius 2 is 0.890 bits per heavy atom.